The molecule has 0 saturated carbocycles. The molecule has 81 heavy (non-hydrogen) atoms. The second kappa shape index (κ2) is 27.2. The van der Waals surface area contributed by atoms with E-state index in [0.29, 0.717) is 34.9 Å². The number of hydrogen-bond acceptors (Lipinski definition) is 8. The van der Waals surface area contributed by atoms with Gasteiger partial charge in [-0.05, 0) is 67.8 Å². The van der Waals surface area contributed by atoms with E-state index in [1.807, 2.05) is 72.9 Å². The number of halogens is 1. The number of rotatable bonds is 8. The normalized spacial score (nSPS) is 11.3. The molecule has 0 N–H and O–H groups in total. The minimum Gasteiger partial charge on any atom is -0.305 e. The summed E-state index contributed by atoms with van der Waals surface area (Å²) in [5.41, 5.74) is 14.7. The Hall–Kier alpha value is -7.68. The standard InChI is InChI=1S/C34H34N4.C34H33N4.C2H4.CH3Cl.Ir/c2*1-33(2,3)27-16-12-24(13-17-27)30-36-31(25-14-18-28(19-15-25)34(4,5)6)38-32(37-30)26-20-21-35-29(22-26)23-10-8-7-9-11-23;2*1-2;/h7-22H,1-6H3;7-10,12-22H,1-6H3;1-2H2;2H,1H2;/q;-1;;;. The summed E-state index contributed by atoms with van der Waals surface area (Å²) >= 11 is 3.83. The molecular formula is C71H74ClIrN8-. The summed E-state index contributed by atoms with van der Waals surface area (Å²) in [6.45, 7) is 32.6. The van der Waals surface area contributed by atoms with Crippen molar-refractivity contribution in [3.05, 3.63) is 236 Å². The van der Waals surface area contributed by atoms with Crippen LogP contribution >= 0.6 is 0 Å². The third-order valence-electron chi connectivity index (χ3n) is 13.4. The molecule has 0 aliphatic rings. The van der Waals surface area contributed by atoms with Crippen LogP contribution < -0.4 is 0 Å². The van der Waals surface area contributed by atoms with E-state index in [0.717, 1.165) is 55.9 Å². The molecule has 10 rings (SSSR count). The number of nitrogens with zero attached hydrogens (tertiary/aromatic N) is 8. The zero-order valence-electron chi connectivity index (χ0n) is 48.8. The molecule has 4 aromatic heterocycles. The van der Waals surface area contributed by atoms with E-state index in [2.05, 4.69) is 239 Å². The first-order valence-electron chi connectivity index (χ1n) is 26.9. The molecule has 8 nitrogen and oxygen atoms in total. The van der Waals surface area contributed by atoms with E-state index in [1.54, 1.807) is 6.20 Å². The van der Waals surface area contributed by atoms with Crippen LogP contribution in [0.25, 0.3) is 90.8 Å². The fourth-order valence-electron chi connectivity index (χ4n) is 8.61. The summed E-state index contributed by atoms with van der Waals surface area (Å²) in [4.78, 5) is 38.7. The minimum absolute atomic E-state index is 0. The van der Waals surface area contributed by atoms with Gasteiger partial charge in [-0.3, -0.25) is 4.98 Å². The van der Waals surface area contributed by atoms with Gasteiger partial charge in [-0.15, -0.1) is 49.1 Å². The van der Waals surface area contributed by atoms with Crippen LogP contribution in [0.1, 0.15) is 105 Å². The van der Waals surface area contributed by atoms with Crippen LogP contribution in [0.15, 0.2) is 201 Å². The molecule has 0 bridgehead atoms. The summed E-state index contributed by atoms with van der Waals surface area (Å²) in [5.74, 6) is 3.85. The van der Waals surface area contributed by atoms with E-state index in [4.69, 9.17) is 29.9 Å². The fourth-order valence-corrected chi connectivity index (χ4v) is 8.61. The molecule has 0 saturated heterocycles. The number of pyridine rings is 2. The molecule has 0 unspecified atom stereocenters. The van der Waals surface area contributed by atoms with Gasteiger partial charge in [-0.2, -0.15) is 0 Å². The van der Waals surface area contributed by atoms with Crippen LogP contribution in [0.4, 0.5) is 0 Å². The van der Waals surface area contributed by atoms with Crippen LogP contribution in [-0.2, 0) is 41.8 Å². The quantitative estimate of drug-likeness (QED) is 0.109. The average molecular weight is 1270 g/mol. The van der Waals surface area contributed by atoms with Crippen LogP contribution in [-0.4, -0.2) is 39.9 Å². The predicted octanol–water partition coefficient (Wildman–Crippen LogP) is 17.7. The van der Waals surface area contributed by atoms with Crippen LogP contribution in [0.5, 0.6) is 0 Å². The summed E-state index contributed by atoms with van der Waals surface area (Å²) in [6, 6.07) is 63.3. The second-order valence-corrected chi connectivity index (χ2v) is 23.4. The van der Waals surface area contributed by atoms with Crippen molar-refractivity contribution in [3.63, 3.8) is 0 Å². The third-order valence-corrected chi connectivity index (χ3v) is 13.4. The zero-order chi connectivity index (χ0) is 57.8. The van der Waals surface area contributed by atoms with Crippen molar-refractivity contribution in [2.45, 2.75) is 105 Å². The van der Waals surface area contributed by atoms with Gasteiger partial charge < -0.3 is 4.98 Å². The third kappa shape index (κ3) is 16.3. The molecule has 0 amide bonds. The molecule has 10 heteroatoms. The summed E-state index contributed by atoms with van der Waals surface area (Å²) in [5, 5.41) is 0. The summed E-state index contributed by atoms with van der Waals surface area (Å²) in [6.07, 6.45) is 6.45. The Morgan fingerprint density at radius 2 is 0.617 bits per heavy atom. The van der Waals surface area contributed by atoms with E-state index in [-0.39, 0.29) is 41.8 Å². The Balaban J connectivity index is 0.000000243. The van der Waals surface area contributed by atoms with Gasteiger partial charge in [0, 0.05) is 71.4 Å². The Kier molecular flexibility index (Phi) is 21.0. The van der Waals surface area contributed by atoms with Crippen LogP contribution in [0.2, 0.25) is 0 Å². The van der Waals surface area contributed by atoms with Gasteiger partial charge >= 0.3 is 0 Å². The van der Waals surface area contributed by atoms with Gasteiger partial charge in [0.1, 0.15) is 0 Å². The molecule has 4 heterocycles. The molecule has 10 aromatic rings. The first-order chi connectivity index (χ1) is 38.2. The zero-order valence-corrected chi connectivity index (χ0v) is 52.1. The van der Waals surface area contributed by atoms with E-state index >= 15 is 0 Å². The first-order valence-corrected chi connectivity index (χ1v) is 27.4. The van der Waals surface area contributed by atoms with Gasteiger partial charge in [0.15, 0.2) is 34.9 Å². The number of hydrogen-bond donors (Lipinski definition) is 0. The SMILES string of the molecule is C=C.CC(C)(C)c1ccc(-c2nc(-c3ccc(C(C)(C)C)cc3)nc(-c3ccnc(-c4[c-]cccc4)c3)n2)cc1.CC(C)(C)c1ccc(-c2nc(-c3ccc(C(C)(C)C)cc3)nc(-c3ccnc(-c4ccccc4)c3)n2)cc1.[CH2-][ClH+].[Ir]. The Morgan fingerprint density at radius 3 is 0.914 bits per heavy atom. The molecule has 0 spiro atoms. The van der Waals surface area contributed by atoms with Crippen molar-refractivity contribution >= 4 is 0 Å². The largest absolute Gasteiger partial charge is 0.305 e. The van der Waals surface area contributed by atoms with E-state index in [9.17, 15) is 0 Å². The molecule has 0 aliphatic heterocycles. The molecule has 415 valence electrons. The maximum Gasteiger partial charge on any atom is 0.164 e. The first kappa shape index (κ1) is 62.5. The Morgan fingerprint density at radius 1 is 0.333 bits per heavy atom. The molecule has 0 aliphatic carbocycles. The predicted molar refractivity (Wildman–Crippen MR) is 330 cm³/mol. The van der Waals surface area contributed by atoms with E-state index < -0.39 is 0 Å². The summed E-state index contributed by atoms with van der Waals surface area (Å²) < 4.78 is 0. The van der Waals surface area contributed by atoms with Gasteiger partial charge in [0.05, 0.1) is 5.69 Å². The molecule has 0 atom stereocenters. The van der Waals surface area contributed by atoms with Crippen molar-refractivity contribution in [2.75, 3.05) is 0 Å². The van der Waals surface area contributed by atoms with Gasteiger partial charge in [-0.25, -0.2) is 29.9 Å². The molecule has 0 fully saturated rings. The van der Waals surface area contributed by atoms with Gasteiger partial charge in [0.2, 0.25) is 0 Å². The van der Waals surface area contributed by atoms with Crippen molar-refractivity contribution in [2.24, 2.45) is 0 Å². The summed E-state index contributed by atoms with van der Waals surface area (Å²) in [7, 11) is 0. The molecular weight excluding hydrogens is 1190 g/mol. The van der Waals surface area contributed by atoms with Crippen molar-refractivity contribution in [1.82, 2.24) is 39.9 Å². The van der Waals surface area contributed by atoms with Crippen LogP contribution in [0, 0.1) is 24.1 Å². The van der Waals surface area contributed by atoms with Gasteiger partial charge in [0.25, 0.3) is 0 Å². The maximum absolute atomic E-state index is 4.93. The van der Waals surface area contributed by atoms with Crippen LogP contribution in [0.3, 0.4) is 0 Å². The molecule has 6 aromatic carbocycles. The van der Waals surface area contributed by atoms with E-state index in [1.165, 1.54) is 22.3 Å². The van der Waals surface area contributed by atoms with Crippen molar-refractivity contribution in [1.29, 1.82) is 0 Å². The Labute approximate surface area is 500 Å². The Bertz CT molecular complexity index is 3210. The molecule has 1 radical (unpaired) electrons. The number of aromatic nitrogens is 8. The number of benzene rings is 6. The second-order valence-electron chi connectivity index (χ2n) is 23.4. The minimum atomic E-state index is 0. The topological polar surface area (TPSA) is 103 Å². The smallest absolute Gasteiger partial charge is 0.164 e. The van der Waals surface area contributed by atoms with Crippen molar-refractivity contribution in [3.8, 4) is 90.8 Å². The van der Waals surface area contributed by atoms with Crippen molar-refractivity contribution < 1.29 is 31.7 Å². The maximum atomic E-state index is 4.93. The van der Waals surface area contributed by atoms with Gasteiger partial charge in [-0.1, -0.05) is 235 Å². The fraction of sp³-hybridized carbons (Fsp3) is 0.225. The average Bonchev–Trinajstić information content (AvgIpc) is 3.49. The monoisotopic (exact) mass is 1270 g/mol.